The Hall–Kier alpha value is -2.46. The van der Waals surface area contributed by atoms with Gasteiger partial charge in [0.15, 0.2) is 11.7 Å². The van der Waals surface area contributed by atoms with Crippen LogP contribution in [0.1, 0.15) is 101 Å². The summed E-state index contributed by atoms with van der Waals surface area (Å²) in [7, 11) is 1.62. The van der Waals surface area contributed by atoms with Gasteiger partial charge in [0, 0.05) is 36.3 Å². The summed E-state index contributed by atoms with van der Waals surface area (Å²) in [5.74, 6) is -1.29. The normalized spacial score (nSPS) is 45.2. The van der Waals surface area contributed by atoms with Gasteiger partial charge in [0.1, 0.15) is 12.2 Å². The van der Waals surface area contributed by atoms with Crippen molar-refractivity contribution in [2.24, 2.45) is 67.4 Å². The molecule has 0 spiro atoms. The van der Waals surface area contributed by atoms with E-state index in [1.807, 2.05) is 19.9 Å². The number of guanidine groups is 1. The Labute approximate surface area is 287 Å². The Morgan fingerprint density at radius 1 is 1.15 bits per heavy atom. The van der Waals surface area contributed by atoms with Crippen molar-refractivity contribution < 1.29 is 33.7 Å². The zero-order valence-electron chi connectivity index (χ0n) is 31.1. The van der Waals surface area contributed by atoms with E-state index in [4.69, 9.17) is 19.9 Å². The molecule has 4 fully saturated rings. The van der Waals surface area contributed by atoms with Crippen LogP contribution in [-0.4, -0.2) is 73.4 Å². The van der Waals surface area contributed by atoms with Gasteiger partial charge in [-0.1, -0.05) is 54.0 Å². The molecule has 0 aromatic carbocycles. The van der Waals surface area contributed by atoms with Crippen LogP contribution in [0.5, 0.6) is 0 Å². The lowest BCUT2D eigenvalue weighted by atomic mass is 9.33. The lowest BCUT2D eigenvalue weighted by Crippen LogP contribution is -2.73. The van der Waals surface area contributed by atoms with Gasteiger partial charge in [-0.15, -0.1) is 0 Å². The number of aliphatic imine (C=N–C) groups is 1. The van der Waals surface area contributed by atoms with E-state index in [-0.39, 0.29) is 47.6 Å². The van der Waals surface area contributed by atoms with E-state index >= 15 is 0 Å². The highest BCUT2D eigenvalue weighted by Crippen LogP contribution is 2.75. The van der Waals surface area contributed by atoms with E-state index in [9.17, 15) is 19.5 Å². The highest BCUT2D eigenvalue weighted by Gasteiger charge is 2.75. The number of ether oxygens (including phenoxy) is 3. The number of hydrogen-bond donors (Lipinski definition) is 3. The molecule has 2 bridgehead atoms. The highest BCUT2D eigenvalue weighted by molar-refractivity contribution is 6.00. The molecule has 48 heavy (non-hydrogen) atoms. The van der Waals surface area contributed by atoms with Crippen molar-refractivity contribution >= 4 is 23.7 Å². The minimum Gasteiger partial charge on any atom is -0.481 e. The van der Waals surface area contributed by atoms with Crippen LogP contribution in [0.3, 0.4) is 0 Å². The molecule has 0 aromatic rings. The Bertz CT molecular complexity index is 1380. The summed E-state index contributed by atoms with van der Waals surface area (Å²) < 4.78 is 19.5. The second kappa shape index (κ2) is 12.4. The third-order valence-electron chi connectivity index (χ3n) is 14.9. The molecule has 3 saturated carbocycles. The number of fused-ring (bicyclic) bond motifs is 3. The van der Waals surface area contributed by atoms with E-state index in [2.05, 4.69) is 58.8 Å². The predicted molar refractivity (Wildman–Crippen MR) is 184 cm³/mol. The van der Waals surface area contributed by atoms with E-state index in [0.29, 0.717) is 25.6 Å². The monoisotopic (exact) mass is 671 g/mol. The molecule has 13 atom stereocenters. The molecule has 270 valence electrons. The summed E-state index contributed by atoms with van der Waals surface area (Å²) in [6.07, 6.45) is 4.38. The molecule has 0 amide bonds. The van der Waals surface area contributed by atoms with Gasteiger partial charge in [0.05, 0.1) is 25.2 Å². The molecule has 4 N–H and O–H groups in total. The van der Waals surface area contributed by atoms with Crippen molar-refractivity contribution in [3.05, 3.63) is 11.6 Å². The number of carboxylic acid groups (broad SMARTS) is 1. The zero-order valence-corrected chi connectivity index (χ0v) is 31.1. The number of hydrogen-bond acceptors (Lipinski definition) is 7. The number of allylic oxidation sites excluding steroid dienone is 1. The fourth-order valence-electron chi connectivity index (χ4n) is 11.9. The lowest BCUT2D eigenvalue weighted by molar-refractivity contribution is -0.285. The number of nitrogens with two attached hydrogens (primary N) is 1. The van der Waals surface area contributed by atoms with Crippen molar-refractivity contribution in [2.75, 3.05) is 20.3 Å². The molecule has 0 aromatic heterocycles. The van der Waals surface area contributed by atoms with Gasteiger partial charge in [-0.2, -0.15) is 0 Å². The third kappa shape index (κ3) is 5.08. The highest BCUT2D eigenvalue weighted by atomic mass is 16.6. The summed E-state index contributed by atoms with van der Waals surface area (Å²) >= 11 is 0. The third-order valence-corrected chi connectivity index (χ3v) is 14.9. The maximum absolute atomic E-state index is 14.9. The quantitative estimate of drug-likeness (QED) is 0.176. The first-order valence-corrected chi connectivity index (χ1v) is 18.1. The molecular weight excluding hydrogens is 610 g/mol. The first-order valence-electron chi connectivity index (χ1n) is 18.1. The van der Waals surface area contributed by atoms with Crippen molar-refractivity contribution in [2.45, 2.75) is 126 Å². The average molecular weight is 672 g/mol. The fraction of sp³-hybridized carbons (Fsp3) is 0.842. The van der Waals surface area contributed by atoms with E-state index < -0.39 is 51.2 Å². The molecule has 1 saturated heterocycles. The summed E-state index contributed by atoms with van der Waals surface area (Å²) in [6.45, 7) is 21.2. The fourth-order valence-corrected chi connectivity index (χ4v) is 11.9. The van der Waals surface area contributed by atoms with Gasteiger partial charge < -0.3 is 30.4 Å². The number of nitrogens with zero attached hydrogens (tertiary/aromatic N) is 1. The molecule has 1 aliphatic heterocycles. The lowest BCUT2D eigenvalue weighted by Gasteiger charge is -2.71. The largest absolute Gasteiger partial charge is 0.481 e. The van der Waals surface area contributed by atoms with Crippen LogP contribution in [0.25, 0.3) is 0 Å². The minimum absolute atomic E-state index is 0.00146. The van der Waals surface area contributed by atoms with Gasteiger partial charge in [-0.05, 0) is 86.5 Å². The first kappa shape index (κ1) is 36.8. The Balaban J connectivity index is 1.61. The van der Waals surface area contributed by atoms with Crippen LogP contribution >= 0.6 is 0 Å². The molecular formula is C38H61N3O7. The second-order valence-corrected chi connectivity index (χ2v) is 17.3. The second-order valence-electron chi connectivity index (χ2n) is 17.3. The summed E-state index contributed by atoms with van der Waals surface area (Å²) in [4.78, 5) is 45.0. The van der Waals surface area contributed by atoms with Crippen LogP contribution in [0.15, 0.2) is 16.6 Å². The first-order chi connectivity index (χ1) is 22.2. The summed E-state index contributed by atoms with van der Waals surface area (Å²) in [5, 5.41) is 14.1. The van der Waals surface area contributed by atoms with Gasteiger partial charge in [-0.25, -0.2) is 0 Å². The van der Waals surface area contributed by atoms with E-state index in [1.165, 1.54) is 6.92 Å². The maximum atomic E-state index is 14.9. The molecule has 5 aliphatic rings. The number of nitrogens with one attached hydrogen (secondary N) is 1. The van der Waals surface area contributed by atoms with Crippen LogP contribution in [0, 0.1) is 56.7 Å². The molecule has 1 heterocycles. The van der Waals surface area contributed by atoms with Crippen molar-refractivity contribution in [1.82, 2.24) is 5.32 Å². The zero-order chi connectivity index (χ0) is 35.8. The van der Waals surface area contributed by atoms with Crippen LogP contribution in [0.2, 0.25) is 0 Å². The average Bonchev–Trinajstić information content (AvgIpc) is 2.99. The molecule has 2 unspecified atom stereocenters. The SMILES string of the molecule is CN=C(N)NC(C)CO[C@H]1[C@H](OC(C)=O)C[C@]23C4=CC(=O)[C@@]5(C)[C@H](C(=O)O)[C@@](C)([C@H](C)C(C)C)CC[C@]5(C)[C@H]4CCC2[C@]1(C)CO[C@H]3C. The summed E-state index contributed by atoms with van der Waals surface area (Å²) in [5.41, 5.74) is 3.76. The molecule has 0 radical (unpaired) electrons. The topological polar surface area (TPSA) is 150 Å². The number of rotatable bonds is 8. The number of carbonyl (C=O) groups excluding carboxylic acids is 2. The molecule has 10 nitrogen and oxygen atoms in total. The van der Waals surface area contributed by atoms with Crippen LogP contribution in [-0.2, 0) is 28.6 Å². The van der Waals surface area contributed by atoms with Crippen molar-refractivity contribution in [3.63, 3.8) is 0 Å². The Morgan fingerprint density at radius 2 is 1.81 bits per heavy atom. The van der Waals surface area contributed by atoms with Crippen molar-refractivity contribution in [3.8, 4) is 0 Å². The number of esters is 1. The van der Waals surface area contributed by atoms with Crippen LogP contribution in [0.4, 0.5) is 0 Å². The number of carbonyl (C=O) groups is 3. The Kier molecular flexibility index (Phi) is 9.50. The van der Waals surface area contributed by atoms with Crippen molar-refractivity contribution in [1.29, 1.82) is 0 Å². The molecule has 10 heteroatoms. The van der Waals surface area contributed by atoms with Gasteiger partial charge >= 0.3 is 11.9 Å². The smallest absolute Gasteiger partial charge is 0.308 e. The van der Waals surface area contributed by atoms with Crippen LogP contribution < -0.4 is 11.1 Å². The number of ketones is 1. The number of aliphatic carboxylic acids is 1. The number of carboxylic acids is 1. The van der Waals surface area contributed by atoms with Gasteiger partial charge in [0.2, 0.25) is 0 Å². The van der Waals surface area contributed by atoms with E-state index in [1.54, 1.807) is 7.05 Å². The summed E-state index contributed by atoms with van der Waals surface area (Å²) in [6, 6.07) is -0.130. The van der Waals surface area contributed by atoms with Gasteiger partial charge in [0.25, 0.3) is 0 Å². The predicted octanol–water partition coefficient (Wildman–Crippen LogP) is 5.38. The van der Waals surface area contributed by atoms with E-state index in [0.717, 1.165) is 31.3 Å². The Morgan fingerprint density at radius 3 is 2.40 bits per heavy atom. The minimum atomic E-state index is -1.07. The molecule has 4 aliphatic carbocycles. The standard InChI is InChI=1S/C38H61N3O7/c1-20(2)22(4)34(7)14-15-36(9)25-12-13-28-35(8)19-47-23(5)38(28,26(25)16-29(43)37(36,10)30(34)32(44)45)17-27(48-24(6)42)31(35)46-18-21(3)41-33(39)40-11/h16,20-23,25,27-28,30-31H,12-15,17-19H2,1-11H3,(H,44,45)(H3,39,40,41)/t21?,22-,23+,25+,27-,28?,30-,31+,34-,35+,36-,37+,38+/m1/s1. The van der Waals surface area contributed by atoms with Gasteiger partial charge in [-0.3, -0.25) is 19.4 Å². The molecule has 5 rings (SSSR count). The maximum Gasteiger partial charge on any atom is 0.308 e.